The number of hydrogen-bond donors (Lipinski definition) is 2. The molecule has 0 unspecified atom stereocenters. The quantitative estimate of drug-likeness (QED) is 0.238. The van der Waals surface area contributed by atoms with Gasteiger partial charge < -0.3 is 37.3 Å². The molecule has 11 heteroatoms. The molecule has 0 aromatic rings. The summed E-state index contributed by atoms with van der Waals surface area (Å²) in [5.74, 6) is 0. The highest BCUT2D eigenvalue weighted by atomic mass is 31.2. The second-order valence-electron chi connectivity index (χ2n) is 4.35. The summed E-state index contributed by atoms with van der Waals surface area (Å²) >= 11 is 0. The Bertz CT molecular complexity index is 285. The molecule has 9 nitrogen and oxygen atoms in total. The summed E-state index contributed by atoms with van der Waals surface area (Å²) in [6.45, 7) is 1.61. The van der Waals surface area contributed by atoms with E-state index in [4.69, 9.17) is 37.3 Å². The van der Waals surface area contributed by atoms with Gasteiger partial charge in [0.15, 0.2) is 0 Å². The molecule has 0 aromatic heterocycles. The summed E-state index contributed by atoms with van der Waals surface area (Å²) in [6, 6.07) is 0.00835. The topological polar surface area (TPSA) is 113 Å². The number of rotatable bonds is 15. The van der Waals surface area contributed by atoms with Gasteiger partial charge in [0.25, 0.3) is 0 Å². The molecule has 0 aliphatic heterocycles. The van der Waals surface area contributed by atoms with E-state index in [1.807, 2.05) is 0 Å². The van der Waals surface area contributed by atoms with E-state index in [9.17, 15) is 4.57 Å². The average Bonchev–Trinajstić information content (AvgIpc) is 2.45. The van der Waals surface area contributed by atoms with E-state index < -0.39 is 16.4 Å². The van der Waals surface area contributed by atoms with Crippen LogP contribution in [0.15, 0.2) is 0 Å². The van der Waals surface area contributed by atoms with Gasteiger partial charge in [-0.2, -0.15) is 0 Å². The first kappa shape index (κ1) is 22.1. The first-order chi connectivity index (χ1) is 10.4. The maximum atomic E-state index is 11.1. The van der Waals surface area contributed by atoms with Gasteiger partial charge in [0.1, 0.15) is 0 Å². The maximum absolute atomic E-state index is 11.1. The van der Waals surface area contributed by atoms with E-state index in [0.29, 0.717) is 19.8 Å². The highest BCUT2D eigenvalue weighted by Gasteiger charge is 2.43. The van der Waals surface area contributed by atoms with Crippen LogP contribution in [0, 0.1) is 0 Å². The van der Waals surface area contributed by atoms with Crippen molar-refractivity contribution in [2.45, 2.75) is 6.04 Å². The summed E-state index contributed by atoms with van der Waals surface area (Å²) in [7, 11) is -2.84. The van der Waals surface area contributed by atoms with Crippen LogP contribution in [-0.2, 0) is 32.1 Å². The van der Waals surface area contributed by atoms with Gasteiger partial charge >= 0.3 is 16.4 Å². The normalized spacial score (nSPS) is 12.8. The largest absolute Gasteiger partial charge is 0.501 e. The van der Waals surface area contributed by atoms with Crippen molar-refractivity contribution in [3.8, 4) is 0 Å². The third-order valence-electron chi connectivity index (χ3n) is 2.54. The number of ether oxygens (including phenoxy) is 3. The first-order valence-corrected chi connectivity index (χ1v) is 10.6. The molecule has 0 saturated heterocycles. The van der Waals surface area contributed by atoms with Crippen molar-refractivity contribution in [1.29, 1.82) is 0 Å². The van der Waals surface area contributed by atoms with Gasteiger partial charge in [0, 0.05) is 27.4 Å². The second kappa shape index (κ2) is 12.5. The second-order valence-corrected chi connectivity index (χ2v) is 8.85. The lowest BCUT2D eigenvalue weighted by Gasteiger charge is -2.29. The highest BCUT2D eigenvalue weighted by Crippen LogP contribution is 2.37. The molecule has 0 saturated carbocycles. The molecule has 2 N–H and O–H groups in total. The van der Waals surface area contributed by atoms with Gasteiger partial charge in [-0.3, -0.25) is 4.57 Å². The van der Waals surface area contributed by atoms with Crippen molar-refractivity contribution in [1.82, 2.24) is 0 Å². The lowest BCUT2D eigenvalue weighted by molar-refractivity contribution is 0.0153. The molecule has 0 rings (SSSR count). The summed E-state index contributed by atoms with van der Waals surface area (Å²) < 4.78 is 42.9. The van der Waals surface area contributed by atoms with Crippen molar-refractivity contribution in [2.75, 3.05) is 67.1 Å². The van der Waals surface area contributed by atoms with Crippen molar-refractivity contribution in [3.63, 3.8) is 0 Å². The molecule has 0 fully saturated rings. The van der Waals surface area contributed by atoms with Gasteiger partial charge in [-0.25, -0.2) is 0 Å². The number of hydrogen-bond acceptors (Lipinski definition) is 7. The van der Waals surface area contributed by atoms with Crippen molar-refractivity contribution in [3.05, 3.63) is 0 Å². The smallest absolute Gasteiger partial charge is 0.382 e. The zero-order valence-electron chi connectivity index (χ0n) is 13.4. The third-order valence-corrected chi connectivity index (χ3v) is 6.56. The minimum absolute atomic E-state index is 0.00835. The monoisotopic (exact) mass is 362 g/mol. The van der Waals surface area contributed by atoms with Crippen molar-refractivity contribution in [2.24, 2.45) is 0 Å². The van der Waals surface area contributed by atoms with E-state index >= 15 is 0 Å². The van der Waals surface area contributed by atoms with Crippen LogP contribution in [0.25, 0.3) is 0 Å². The zero-order valence-corrected chi connectivity index (χ0v) is 15.3. The molecule has 0 aliphatic carbocycles. The Labute approximate surface area is 132 Å². The summed E-state index contributed by atoms with van der Waals surface area (Å²) in [4.78, 5) is 18.2. The predicted molar refractivity (Wildman–Crippen MR) is 81.0 cm³/mol. The molecule has 0 amide bonds. The van der Waals surface area contributed by atoms with Crippen LogP contribution in [0.1, 0.15) is 0 Å². The fourth-order valence-corrected chi connectivity index (χ4v) is 5.59. The van der Waals surface area contributed by atoms with E-state index in [1.165, 1.54) is 21.3 Å². The lowest BCUT2D eigenvalue weighted by atomic mass is 10.8. The molecule has 0 spiro atoms. The molecule has 22 heavy (non-hydrogen) atoms. The molecule has 134 valence electrons. The predicted octanol–water partition coefficient (Wildman–Crippen LogP) is 0.0920. The van der Waals surface area contributed by atoms with Gasteiger partial charge in [-0.1, -0.05) is 0 Å². The molecule has 0 aliphatic rings. The maximum Gasteiger partial charge on any atom is 0.501 e. The minimum atomic E-state index is -4.18. The highest BCUT2D eigenvalue weighted by molar-refractivity contribution is 7.51. The SMILES string of the molecule is COCCO[Si](CCP(=O)(O)O)(OCCOC)OCCOC. The fourth-order valence-electron chi connectivity index (χ4n) is 1.47. The Hall–Kier alpha value is 0.127. The van der Waals surface area contributed by atoms with Crippen LogP contribution in [0.5, 0.6) is 0 Å². The van der Waals surface area contributed by atoms with Gasteiger partial charge in [-0.15, -0.1) is 0 Å². The van der Waals surface area contributed by atoms with Crippen LogP contribution >= 0.6 is 7.60 Å². The van der Waals surface area contributed by atoms with Crippen LogP contribution < -0.4 is 0 Å². The van der Waals surface area contributed by atoms with Crippen molar-refractivity contribution >= 4 is 16.4 Å². The Balaban J connectivity index is 4.79. The van der Waals surface area contributed by atoms with Crippen LogP contribution in [0.3, 0.4) is 0 Å². The van der Waals surface area contributed by atoms with E-state index in [-0.39, 0.29) is 32.0 Å². The molecule has 0 atom stereocenters. The van der Waals surface area contributed by atoms with Crippen molar-refractivity contribution < 1.29 is 41.8 Å². The summed E-state index contributed by atoms with van der Waals surface area (Å²) in [5.41, 5.74) is 0. The Morgan fingerprint density at radius 2 is 1.14 bits per heavy atom. The molecular weight excluding hydrogens is 335 g/mol. The lowest BCUT2D eigenvalue weighted by Crippen LogP contribution is -2.48. The molecule has 0 heterocycles. The molecule has 0 radical (unpaired) electrons. The molecule has 0 aromatic carbocycles. The Morgan fingerprint density at radius 3 is 1.41 bits per heavy atom. The van der Waals surface area contributed by atoms with Crippen LogP contribution in [-0.4, -0.2) is 85.7 Å². The molecular formula is C11H27O9PSi. The summed E-state index contributed by atoms with van der Waals surface area (Å²) in [5, 5.41) is 0. The van der Waals surface area contributed by atoms with E-state index in [0.717, 1.165) is 0 Å². The molecule has 0 bridgehead atoms. The fraction of sp³-hybridized carbons (Fsp3) is 1.00. The van der Waals surface area contributed by atoms with Gasteiger partial charge in [0.05, 0.1) is 45.8 Å². The zero-order chi connectivity index (χ0) is 16.9. The van der Waals surface area contributed by atoms with Crippen LogP contribution in [0.4, 0.5) is 0 Å². The number of methoxy groups -OCH3 is 3. The Morgan fingerprint density at radius 1 is 0.773 bits per heavy atom. The van der Waals surface area contributed by atoms with Gasteiger partial charge in [0.2, 0.25) is 0 Å². The average molecular weight is 362 g/mol. The standard InChI is InChI=1S/C11H27O9PSi/c1-15-4-7-18-22(19-8-5-16-2,20-9-6-17-3)11-10-21(12,13)14/h4-11H2,1-3H3,(H2,12,13,14). The third kappa shape index (κ3) is 11.7. The van der Waals surface area contributed by atoms with E-state index in [1.54, 1.807) is 0 Å². The van der Waals surface area contributed by atoms with Gasteiger partial charge in [-0.05, 0) is 0 Å². The Kier molecular flexibility index (Phi) is 12.6. The first-order valence-electron chi connectivity index (χ1n) is 6.82. The van der Waals surface area contributed by atoms with E-state index in [2.05, 4.69) is 0 Å². The minimum Gasteiger partial charge on any atom is -0.382 e. The summed E-state index contributed by atoms with van der Waals surface area (Å²) in [6.07, 6.45) is -0.369. The van der Waals surface area contributed by atoms with Crippen LogP contribution in [0.2, 0.25) is 6.04 Å².